The van der Waals surface area contributed by atoms with Gasteiger partial charge in [-0.1, -0.05) is 23.7 Å². The van der Waals surface area contributed by atoms with Crippen LogP contribution >= 0.6 is 19.0 Å². The molecule has 3 aromatic rings. The Bertz CT molecular complexity index is 1350. The van der Waals surface area contributed by atoms with E-state index in [1.807, 2.05) is 6.92 Å². The zero-order chi connectivity index (χ0) is 28.6. The number of rotatable bonds is 14. The van der Waals surface area contributed by atoms with E-state index in [0.29, 0.717) is 17.8 Å². The van der Waals surface area contributed by atoms with Crippen LogP contribution in [0.5, 0.6) is 0 Å². The summed E-state index contributed by atoms with van der Waals surface area (Å²) in [6.07, 6.45) is 1.93. The largest absolute Gasteiger partial charge is 0.462 e. The van der Waals surface area contributed by atoms with Gasteiger partial charge < -0.3 is 24.5 Å². The fourth-order valence-corrected chi connectivity index (χ4v) is 5.89. The Morgan fingerprint density at radius 3 is 2.67 bits per heavy atom. The molecule has 2 aromatic heterocycles. The Balaban J connectivity index is 1.75. The Hall–Kier alpha value is -3.09. The average Bonchev–Trinajstić information content (AvgIpc) is 3.29. The minimum atomic E-state index is -3.91. The molecule has 0 aliphatic heterocycles. The van der Waals surface area contributed by atoms with Crippen molar-refractivity contribution in [1.82, 2.24) is 29.7 Å². The molecule has 0 unspecified atom stereocenters. The summed E-state index contributed by atoms with van der Waals surface area (Å²) in [6.45, 7) is 7.58. The number of nitrogens with two attached hydrogens (primary N) is 1. The smallest absolute Gasteiger partial charge is 0.326 e. The van der Waals surface area contributed by atoms with Crippen molar-refractivity contribution in [1.29, 1.82) is 0 Å². The van der Waals surface area contributed by atoms with Crippen molar-refractivity contribution in [2.75, 3.05) is 31.9 Å². The highest BCUT2D eigenvalue weighted by Gasteiger charge is 2.39. The van der Waals surface area contributed by atoms with Gasteiger partial charge in [-0.25, -0.2) is 20.0 Å². The Labute approximate surface area is 231 Å². The lowest BCUT2D eigenvalue weighted by molar-refractivity contribution is -0.151. The first-order valence-electron chi connectivity index (χ1n) is 12.2. The Kier molecular flexibility index (Phi) is 10.4. The van der Waals surface area contributed by atoms with E-state index >= 15 is 0 Å². The SMILES string of the molecule is CCOCCOC(=O)C(C)(C)N[P@@](=O)(CO[C@H](C)Cn1cnc2c(N)ncnc21)NC(=O)c1ccccc1Cl. The minimum Gasteiger partial charge on any atom is -0.462 e. The number of nitrogens with one attached hydrogen (secondary N) is 2. The van der Waals surface area contributed by atoms with Crippen molar-refractivity contribution in [3.8, 4) is 0 Å². The van der Waals surface area contributed by atoms with E-state index in [9.17, 15) is 14.2 Å². The van der Waals surface area contributed by atoms with E-state index < -0.39 is 37.3 Å². The lowest BCUT2D eigenvalue weighted by atomic mass is 10.1. The van der Waals surface area contributed by atoms with E-state index in [2.05, 4.69) is 25.1 Å². The first-order chi connectivity index (χ1) is 18.5. The lowest BCUT2D eigenvalue weighted by Gasteiger charge is -2.31. The number of hydrogen-bond donors (Lipinski definition) is 3. The van der Waals surface area contributed by atoms with Crippen LogP contribution in [0, 0.1) is 0 Å². The minimum absolute atomic E-state index is 0.0224. The van der Waals surface area contributed by atoms with Crippen molar-refractivity contribution < 1.29 is 28.4 Å². The lowest BCUT2D eigenvalue weighted by Crippen LogP contribution is -2.49. The van der Waals surface area contributed by atoms with Crippen LogP contribution in [0.15, 0.2) is 36.9 Å². The number of anilines is 1. The maximum absolute atomic E-state index is 14.1. The number of hydrogen-bond acceptors (Lipinski definition) is 10. The topological polar surface area (TPSA) is 173 Å². The highest BCUT2D eigenvalue weighted by Crippen LogP contribution is 2.40. The van der Waals surface area contributed by atoms with Crippen LogP contribution < -0.4 is 15.9 Å². The van der Waals surface area contributed by atoms with Crippen molar-refractivity contribution >= 4 is 47.9 Å². The van der Waals surface area contributed by atoms with Crippen molar-refractivity contribution in [2.24, 2.45) is 0 Å². The number of benzene rings is 1. The number of amides is 1. The molecule has 0 aliphatic carbocycles. The number of nitrogen functional groups attached to an aromatic ring is 1. The molecule has 39 heavy (non-hydrogen) atoms. The quantitative estimate of drug-likeness (QED) is 0.145. The van der Waals surface area contributed by atoms with Gasteiger partial charge in [-0.2, -0.15) is 0 Å². The van der Waals surface area contributed by atoms with E-state index in [1.54, 1.807) is 36.0 Å². The molecule has 0 saturated carbocycles. The fourth-order valence-electron chi connectivity index (χ4n) is 3.57. The van der Waals surface area contributed by atoms with Crippen molar-refractivity contribution in [3.05, 3.63) is 47.5 Å². The number of aromatic nitrogens is 4. The van der Waals surface area contributed by atoms with Gasteiger partial charge in [0, 0.05) is 6.61 Å². The number of carbonyl (C=O) groups is 2. The highest BCUT2D eigenvalue weighted by atomic mass is 35.5. The van der Waals surface area contributed by atoms with Crippen molar-refractivity contribution in [3.63, 3.8) is 0 Å². The van der Waals surface area contributed by atoms with E-state index in [-0.39, 0.29) is 36.2 Å². The molecular formula is C24H33ClN7O6P. The van der Waals surface area contributed by atoms with E-state index in [1.165, 1.54) is 26.2 Å². The third-order valence-corrected chi connectivity index (χ3v) is 7.79. The van der Waals surface area contributed by atoms with Gasteiger partial charge in [0.2, 0.25) is 0 Å². The molecule has 2 heterocycles. The van der Waals surface area contributed by atoms with Gasteiger partial charge in [0.05, 0.1) is 36.2 Å². The molecule has 4 N–H and O–H groups in total. The summed E-state index contributed by atoms with van der Waals surface area (Å²) in [6, 6.07) is 6.33. The number of esters is 1. The number of fused-ring (bicyclic) bond motifs is 1. The zero-order valence-corrected chi connectivity index (χ0v) is 23.9. The molecule has 0 spiro atoms. The molecule has 1 amide bonds. The maximum Gasteiger partial charge on any atom is 0.326 e. The third-order valence-electron chi connectivity index (χ3n) is 5.46. The van der Waals surface area contributed by atoms with Gasteiger partial charge in [-0.15, -0.1) is 0 Å². The second kappa shape index (κ2) is 13.3. The van der Waals surface area contributed by atoms with E-state index in [0.717, 1.165) is 0 Å². The Morgan fingerprint density at radius 2 is 1.95 bits per heavy atom. The van der Waals surface area contributed by atoms with Crippen LogP contribution in [0.2, 0.25) is 5.02 Å². The summed E-state index contributed by atoms with van der Waals surface area (Å²) in [7, 11) is -3.91. The average molecular weight is 582 g/mol. The van der Waals surface area contributed by atoms with E-state index in [4.69, 9.17) is 31.5 Å². The Morgan fingerprint density at radius 1 is 1.21 bits per heavy atom. The van der Waals surface area contributed by atoms with Gasteiger partial charge in [0.1, 0.15) is 30.3 Å². The van der Waals surface area contributed by atoms with Crippen LogP contribution in [-0.4, -0.2) is 69.2 Å². The third kappa shape index (κ3) is 8.20. The molecular weight excluding hydrogens is 549 g/mol. The van der Waals surface area contributed by atoms with Crippen LogP contribution in [0.4, 0.5) is 5.82 Å². The molecule has 1 aromatic carbocycles. The summed E-state index contributed by atoms with van der Waals surface area (Å²) >= 11 is 6.16. The predicted octanol–water partition coefficient (Wildman–Crippen LogP) is 3.00. The second-order valence-corrected chi connectivity index (χ2v) is 11.8. The number of nitrogens with zero attached hydrogens (tertiary/aromatic N) is 4. The summed E-state index contributed by atoms with van der Waals surface area (Å²) in [5, 5.41) is 5.44. The van der Waals surface area contributed by atoms with Gasteiger partial charge in [-0.05, 0) is 39.8 Å². The molecule has 2 atom stereocenters. The molecule has 0 aliphatic rings. The van der Waals surface area contributed by atoms with Gasteiger partial charge in [0.15, 0.2) is 11.5 Å². The second-order valence-electron chi connectivity index (χ2n) is 9.16. The van der Waals surface area contributed by atoms with Crippen LogP contribution in [0.3, 0.4) is 0 Å². The molecule has 15 heteroatoms. The first-order valence-corrected chi connectivity index (χ1v) is 14.5. The molecule has 0 saturated heterocycles. The van der Waals surface area contributed by atoms with Gasteiger partial charge in [0.25, 0.3) is 13.4 Å². The van der Waals surface area contributed by atoms with Crippen LogP contribution in [0.1, 0.15) is 38.1 Å². The zero-order valence-electron chi connectivity index (χ0n) is 22.2. The number of ether oxygens (including phenoxy) is 3. The highest BCUT2D eigenvalue weighted by molar-refractivity contribution is 7.60. The maximum atomic E-state index is 14.1. The molecule has 0 radical (unpaired) electrons. The summed E-state index contributed by atoms with van der Waals surface area (Å²) < 4.78 is 32.1. The standard InChI is InChI=1S/C24H33ClN7O6P/c1-5-36-10-11-37-23(34)24(3,4)31-39(35,30-22(33)17-8-6-7-9-18(17)25)15-38-16(2)12-32-14-29-19-20(26)27-13-28-21(19)32/h6-9,13-14,16H,5,10-12,15H2,1-4H3,(H2,26,27,28)(H2,30,31,33,35)/t16-,39-/m1/s1. The number of halogens is 1. The molecule has 0 fully saturated rings. The predicted molar refractivity (Wildman–Crippen MR) is 146 cm³/mol. The molecule has 0 bridgehead atoms. The van der Waals surface area contributed by atoms with Gasteiger partial charge in [-0.3, -0.25) is 19.2 Å². The molecule has 13 nitrogen and oxygen atoms in total. The molecule has 212 valence electrons. The molecule has 3 rings (SSSR count). The summed E-state index contributed by atoms with van der Waals surface area (Å²) in [5.74, 6) is -1.12. The number of carbonyl (C=O) groups excluding carboxylic acids is 2. The van der Waals surface area contributed by atoms with Crippen LogP contribution in [-0.2, 0) is 30.1 Å². The first kappa shape index (κ1) is 30.5. The van der Waals surface area contributed by atoms with Gasteiger partial charge >= 0.3 is 5.97 Å². The van der Waals surface area contributed by atoms with Crippen LogP contribution in [0.25, 0.3) is 11.2 Å². The normalized spacial score (nSPS) is 14.1. The number of imidazole rings is 1. The van der Waals surface area contributed by atoms with Crippen molar-refractivity contribution in [2.45, 2.75) is 45.9 Å². The monoisotopic (exact) mass is 581 g/mol. The summed E-state index contributed by atoms with van der Waals surface area (Å²) in [4.78, 5) is 38.1. The fraction of sp³-hybridized carbons (Fsp3) is 0.458. The summed E-state index contributed by atoms with van der Waals surface area (Å²) in [5.41, 5.74) is 5.49.